The predicted molar refractivity (Wildman–Crippen MR) is 55.1 cm³/mol. The Kier molecular flexibility index (Phi) is 3.36. The third-order valence-electron chi connectivity index (χ3n) is 3.92. The van der Waals surface area contributed by atoms with Crippen molar-refractivity contribution in [1.82, 2.24) is 0 Å². The second kappa shape index (κ2) is 4.13. The van der Waals surface area contributed by atoms with Crippen LogP contribution in [0.25, 0.3) is 0 Å². The lowest BCUT2D eigenvalue weighted by atomic mass is 9.69. The van der Waals surface area contributed by atoms with Gasteiger partial charge in [0.1, 0.15) is 0 Å². The Morgan fingerprint density at radius 2 is 2.31 bits per heavy atom. The van der Waals surface area contributed by atoms with Crippen molar-refractivity contribution in [2.24, 2.45) is 17.3 Å². The van der Waals surface area contributed by atoms with Crippen LogP contribution in [0.2, 0.25) is 0 Å². The van der Waals surface area contributed by atoms with Gasteiger partial charge in [-0.25, -0.2) is 0 Å². The summed E-state index contributed by atoms with van der Waals surface area (Å²) >= 11 is 0. The minimum Gasteiger partial charge on any atom is -0.198 e. The van der Waals surface area contributed by atoms with Crippen LogP contribution in [0.1, 0.15) is 52.9 Å². The quantitative estimate of drug-likeness (QED) is 0.647. The van der Waals surface area contributed by atoms with E-state index in [1.807, 2.05) is 0 Å². The van der Waals surface area contributed by atoms with Crippen molar-refractivity contribution in [3.8, 4) is 6.07 Å². The van der Waals surface area contributed by atoms with Crippen molar-refractivity contribution >= 4 is 0 Å². The Hall–Kier alpha value is -0.510. The molecule has 1 saturated carbocycles. The molecule has 1 rings (SSSR count). The highest BCUT2D eigenvalue weighted by atomic mass is 14.5. The van der Waals surface area contributed by atoms with Crippen molar-refractivity contribution in [2.75, 3.05) is 0 Å². The summed E-state index contributed by atoms with van der Waals surface area (Å²) < 4.78 is 0. The Balaban J connectivity index is 2.75. The summed E-state index contributed by atoms with van der Waals surface area (Å²) in [5, 5.41) is 9.33. The number of rotatable bonds is 3. The minimum absolute atomic E-state index is 0.00993. The first-order chi connectivity index (χ1) is 6.17. The first-order valence-electron chi connectivity index (χ1n) is 5.58. The highest BCUT2D eigenvalue weighted by Gasteiger charge is 2.44. The zero-order valence-corrected chi connectivity index (χ0v) is 9.14. The monoisotopic (exact) mass is 179 g/mol. The van der Waals surface area contributed by atoms with Crippen molar-refractivity contribution in [1.29, 1.82) is 5.26 Å². The fraction of sp³-hybridized carbons (Fsp3) is 0.917. The highest BCUT2D eigenvalue weighted by Crippen LogP contribution is 2.49. The Labute approximate surface area is 82.1 Å². The van der Waals surface area contributed by atoms with Gasteiger partial charge in [-0.2, -0.15) is 5.26 Å². The van der Waals surface area contributed by atoms with Gasteiger partial charge in [0.25, 0.3) is 0 Å². The lowest BCUT2D eigenvalue weighted by molar-refractivity contribution is 0.187. The molecule has 0 saturated heterocycles. The molecular weight excluding hydrogens is 158 g/mol. The molecule has 74 valence electrons. The highest BCUT2D eigenvalue weighted by molar-refractivity contribution is 5.07. The van der Waals surface area contributed by atoms with Crippen molar-refractivity contribution in [2.45, 2.75) is 52.9 Å². The summed E-state index contributed by atoms with van der Waals surface area (Å²) in [5.74, 6) is 1.19. The van der Waals surface area contributed by atoms with Crippen LogP contribution in [0.4, 0.5) is 0 Å². The molecule has 1 heteroatoms. The largest absolute Gasteiger partial charge is 0.198 e. The van der Waals surface area contributed by atoms with E-state index in [1.165, 1.54) is 25.7 Å². The molecule has 0 aromatic heterocycles. The third-order valence-corrected chi connectivity index (χ3v) is 3.92. The molecule has 0 heterocycles. The van der Waals surface area contributed by atoms with E-state index in [4.69, 9.17) is 0 Å². The molecule has 1 fully saturated rings. The molecule has 1 aliphatic carbocycles. The first-order valence-corrected chi connectivity index (χ1v) is 5.58. The van der Waals surface area contributed by atoms with Gasteiger partial charge in [-0.3, -0.25) is 0 Å². The molecule has 0 aromatic rings. The Bertz CT molecular complexity index is 204. The van der Waals surface area contributed by atoms with Gasteiger partial charge in [-0.05, 0) is 31.1 Å². The molecule has 1 nitrogen and oxygen atoms in total. The Morgan fingerprint density at radius 3 is 2.69 bits per heavy atom. The van der Waals surface area contributed by atoms with Gasteiger partial charge in [0.2, 0.25) is 0 Å². The van der Waals surface area contributed by atoms with Gasteiger partial charge in [-0.15, -0.1) is 0 Å². The summed E-state index contributed by atoms with van der Waals surface area (Å²) in [6, 6.07) is 2.61. The number of nitrogens with zero attached hydrogens (tertiary/aromatic N) is 1. The molecule has 1 aliphatic rings. The van der Waals surface area contributed by atoms with Crippen LogP contribution in [-0.4, -0.2) is 0 Å². The van der Waals surface area contributed by atoms with Gasteiger partial charge in [-0.1, -0.05) is 33.6 Å². The molecule has 0 aromatic carbocycles. The summed E-state index contributed by atoms with van der Waals surface area (Å²) in [7, 11) is 0. The zero-order valence-electron chi connectivity index (χ0n) is 9.14. The van der Waals surface area contributed by atoms with Crippen molar-refractivity contribution in [3.05, 3.63) is 0 Å². The van der Waals surface area contributed by atoms with Gasteiger partial charge in [0.15, 0.2) is 0 Å². The Morgan fingerprint density at radius 1 is 1.62 bits per heavy atom. The fourth-order valence-electron chi connectivity index (χ4n) is 2.90. The average molecular weight is 179 g/mol. The third kappa shape index (κ3) is 1.73. The second-order valence-electron chi connectivity index (χ2n) is 4.64. The minimum atomic E-state index is 0.00993. The van der Waals surface area contributed by atoms with Crippen LogP contribution in [0.5, 0.6) is 0 Å². The number of hydrogen-bond donors (Lipinski definition) is 0. The van der Waals surface area contributed by atoms with E-state index >= 15 is 0 Å². The molecule has 0 N–H and O–H groups in total. The lowest BCUT2D eigenvalue weighted by Gasteiger charge is -2.32. The van der Waals surface area contributed by atoms with E-state index in [9.17, 15) is 5.26 Å². The van der Waals surface area contributed by atoms with Crippen LogP contribution >= 0.6 is 0 Å². The lowest BCUT2D eigenvalue weighted by Crippen LogP contribution is -2.29. The van der Waals surface area contributed by atoms with Crippen LogP contribution in [-0.2, 0) is 0 Å². The fourth-order valence-corrected chi connectivity index (χ4v) is 2.90. The van der Waals surface area contributed by atoms with E-state index in [1.54, 1.807) is 0 Å². The molecule has 13 heavy (non-hydrogen) atoms. The zero-order chi connectivity index (χ0) is 9.90. The van der Waals surface area contributed by atoms with Gasteiger partial charge in [0.05, 0.1) is 11.5 Å². The number of hydrogen-bond acceptors (Lipinski definition) is 1. The molecule has 0 amide bonds. The first kappa shape index (κ1) is 10.6. The summed E-state index contributed by atoms with van der Waals surface area (Å²) in [4.78, 5) is 0. The maximum atomic E-state index is 9.33. The predicted octanol–water partition coefficient (Wildman–Crippen LogP) is 3.75. The maximum Gasteiger partial charge on any atom is 0.0695 e. The molecular formula is C12H21N. The van der Waals surface area contributed by atoms with Crippen LogP contribution < -0.4 is 0 Å². The number of nitriles is 1. The molecule has 0 radical (unpaired) electrons. The summed E-state index contributed by atoms with van der Waals surface area (Å²) in [5.41, 5.74) is 0.00993. The van der Waals surface area contributed by atoms with E-state index in [0.29, 0.717) is 11.8 Å². The van der Waals surface area contributed by atoms with Crippen molar-refractivity contribution < 1.29 is 0 Å². The van der Waals surface area contributed by atoms with Crippen LogP contribution in [0.15, 0.2) is 0 Å². The normalized spacial score (nSPS) is 35.7. The smallest absolute Gasteiger partial charge is 0.0695 e. The standard InChI is InChI=1S/C12H21N/c1-4-6-10(2)12(9-13)8-5-7-11(12)3/h10-11H,4-8H2,1-3H3. The van der Waals surface area contributed by atoms with Gasteiger partial charge < -0.3 is 0 Å². The average Bonchev–Trinajstić information content (AvgIpc) is 2.48. The summed E-state index contributed by atoms with van der Waals surface area (Å²) in [6.45, 7) is 6.72. The van der Waals surface area contributed by atoms with Crippen LogP contribution in [0.3, 0.4) is 0 Å². The van der Waals surface area contributed by atoms with E-state index in [0.717, 1.165) is 6.42 Å². The molecule has 0 aliphatic heterocycles. The second-order valence-corrected chi connectivity index (χ2v) is 4.64. The molecule has 0 spiro atoms. The van der Waals surface area contributed by atoms with E-state index in [-0.39, 0.29) is 5.41 Å². The van der Waals surface area contributed by atoms with E-state index in [2.05, 4.69) is 26.8 Å². The van der Waals surface area contributed by atoms with Crippen molar-refractivity contribution in [3.63, 3.8) is 0 Å². The van der Waals surface area contributed by atoms with E-state index < -0.39 is 0 Å². The SMILES string of the molecule is CCCC(C)C1(C#N)CCCC1C. The maximum absolute atomic E-state index is 9.33. The van der Waals surface area contributed by atoms with Crippen LogP contribution in [0, 0.1) is 28.6 Å². The topological polar surface area (TPSA) is 23.8 Å². The summed E-state index contributed by atoms with van der Waals surface area (Å²) in [6.07, 6.45) is 6.05. The van der Waals surface area contributed by atoms with Gasteiger partial charge >= 0.3 is 0 Å². The molecule has 3 atom stereocenters. The molecule has 0 bridgehead atoms. The molecule has 3 unspecified atom stereocenters. The van der Waals surface area contributed by atoms with Gasteiger partial charge in [0, 0.05) is 0 Å².